The molecule has 0 bridgehead atoms. The van der Waals surface area contributed by atoms with Gasteiger partial charge in [0.15, 0.2) is 5.78 Å². The molecule has 5 rings (SSSR count). The van der Waals surface area contributed by atoms with Crippen LogP contribution in [-0.4, -0.2) is 24.0 Å². The maximum atomic E-state index is 12.4. The minimum absolute atomic E-state index is 0.0225. The van der Waals surface area contributed by atoms with Crippen molar-refractivity contribution >= 4 is 11.8 Å². The molecule has 2 saturated carbocycles. The van der Waals surface area contributed by atoms with Gasteiger partial charge in [-0.1, -0.05) is 38.0 Å². The number of ketones is 1. The summed E-state index contributed by atoms with van der Waals surface area (Å²) >= 11 is 0. The second-order valence-corrected chi connectivity index (χ2v) is 11.1. The maximum Gasteiger partial charge on any atom is 0.306 e. The van der Waals surface area contributed by atoms with E-state index in [-0.39, 0.29) is 34.1 Å². The van der Waals surface area contributed by atoms with Crippen molar-refractivity contribution in [3.8, 4) is 0 Å². The van der Waals surface area contributed by atoms with Crippen LogP contribution in [0.2, 0.25) is 0 Å². The largest absolute Gasteiger partial charge is 0.498 e. The molecule has 4 nitrogen and oxygen atoms in total. The van der Waals surface area contributed by atoms with Crippen LogP contribution < -0.4 is 0 Å². The molecule has 1 aliphatic heterocycles. The number of carbonyl (C=O) groups excluding carboxylic acids is 2. The summed E-state index contributed by atoms with van der Waals surface area (Å²) in [6, 6.07) is 0. The molecule has 4 heteroatoms. The molecule has 0 N–H and O–H groups in total. The molecule has 174 valence electrons. The highest BCUT2D eigenvalue weighted by molar-refractivity contribution is 5.92. The Kier molecular flexibility index (Phi) is 5.22. The van der Waals surface area contributed by atoms with Gasteiger partial charge in [-0.25, -0.2) is 0 Å². The fourth-order valence-electron chi connectivity index (χ4n) is 8.11. The highest BCUT2D eigenvalue weighted by atomic mass is 16.6. The standard InChI is InChI=1S/C28H38O4/c1-5-7-23(31-6-2)20-17-18-16-19(29)8-12-26(18,3)21-9-13-27(4)22(25(20)21)10-14-28(27)15-11-24(30)32-28/h7,9,16,20,22,25H,5-6,8,10-15,17H2,1-4H3/b23-7-/t20-,22?,25?,26?,27?,28+/m0/s1. The van der Waals surface area contributed by atoms with E-state index < -0.39 is 0 Å². The van der Waals surface area contributed by atoms with Gasteiger partial charge in [0, 0.05) is 29.6 Å². The summed E-state index contributed by atoms with van der Waals surface area (Å²) in [5, 5.41) is 0. The molecular formula is C28H38O4. The number of allylic oxidation sites excluding steroid dienone is 6. The van der Waals surface area contributed by atoms with Crippen molar-refractivity contribution in [2.24, 2.45) is 28.6 Å². The zero-order valence-corrected chi connectivity index (χ0v) is 20.2. The van der Waals surface area contributed by atoms with Crippen LogP contribution in [-0.2, 0) is 19.1 Å². The van der Waals surface area contributed by atoms with Crippen LogP contribution in [0.15, 0.2) is 35.1 Å². The molecule has 4 unspecified atom stereocenters. The van der Waals surface area contributed by atoms with E-state index in [0.717, 1.165) is 50.7 Å². The van der Waals surface area contributed by atoms with Crippen LogP contribution in [0.3, 0.4) is 0 Å². The number of hydrogen-bond donors (Lipinski definition) is 0. The van der Waals surface area contributed by atoms with Crippen molar-refractivity contribution in [2.75, 3.05) is 6.61 Å². The lowest BCUT2D eigenvalue weighted by atomic mass is 9.48. The zero-order chi connectivity index (χ0) is 22.7. The van der Waals surface area contributed by atoms with Gasteiger partial charge < -0.3 is 9.47 Å². The summed E-state index contributed by atoms with van der Waals surface area (Å²) in [6.07, 6.45) is 14.5. The molecule has 6 atom stereocenters. The normalized spacial score (nSPS) is 43.2. The molecule has 3 fully saturated rings. The Bertz CT molecular complexity index is 926. The van der Waals surface area contributed by atoms with E-state index in [1.165, 1.54) is 11.1 Å². The zero-order valence-electron chi connectivity index (χ0n) is 20.2. The number of rotatable bonds is 4. The highest BCUT2D eigenvalue weighted by Gasteiger charge is 2.66. The molecule has 0 amide bonds. The molecule has 1 spiro atoms. The minimum Gasteiger partial charge on any atom is -0.498 e. The number of ether oxygens (including phenoxy) is 2. The van der Waals surface area contributed by atoms with Gasteiger partial charge in [0.1, 0.15) is 5.60 Å². The molecule has 0 aromatic carbocycles. The van der Waals surface area contributed by atoms with E-state index in [9.17, 15) is 9.59 Å². The highest BCUT2D eigenvalue weighted by Crippen LogP contribution is 2.69. The first-order valence-corrected chi connectivity index (χ1v) is 12.8. The van der Waals surface area contributed by atoms with Crippen molar-refractivity contribution < 1.29 is 19.1 Å². The van der Waals surface area contributed by atoms with Crippen LogP contribution in [0.1, 0.15) is 85.5 Å². The van der Waals surface area contributed by atoms with Crippen LogP contribution in [0, 0.1) is 28.6 Å². The first kappa shape index (κ1) is 22.0. The third kappa shape index (κ3) is 2.93. The van der Waals surface area contributed by atoms with E-state index >= 15 is 0 Å². The third-order valence-electron chi connectivity index (χ3n) is 9.81. The Morgan fingerprint density at radius 1 is 1.19 bits per heavy atom. The van der Waals surface area contributed by atoms with Gasteiger partial charge in [-0.05, 0) is 75.9 Å². The van der Waals surface area contributed by atoms with E-state index in [1.807, 2.05) is 6.08 Å². The summed E-state index contributed by atoms with van der Waals surface area (Å²) in [7, 11) is 0. The average molecular weight is 439 g/mol. The molecule has 0 aromatic heterocycles. The molecule has 1 heterocycles. The van der Waals surface area contributed by atoms with Gasteiger partial charge in [0.2, 0.25) is 0 Å². The minimum atomic E-state index is -0.304. The topological polar surface area (TPSA) is 52.6 Å². The Balaban J connectivity index is 1.64. The first-order chi connectivity index (χ1) is 15.3. The van der Waals surface area contributed by atoms with Crippen LogP contribution in [0.25, 0.3) is 0 Å². The first-order valence-electron chi connectivity index (χ1n) is 12.8. The van der Waals surface area contributed by atoms with E-state index in [4.69, 9.17) is 9.47 Å². The Hall–Kier alpha value is -1.84. The van der Waals surface area contributed by atoms with Crippen molar-refractivity contribution in [3.05, 3.63) is 35.1 Å². The third-order valence-corrected chi connectivity index (χ3v) is 9.81. The van der Waals surface area contributed by atoms with Crippen LogP contribution in [0.5, 0.6) is 0 Å². The van der Waals surface area contributed by atoms with E-state index in [0.29, 0.717) is 31.3 Å². The van der Waals surface area contributed by atoms with Crippen LogP contribution >= 0.6 is 0 Å². The lowest BCUT2D eigenvalue weighted by molar-refractivity contribution is -0.160. The summed E-state index contributed by atoms with van der Waals surface area (Å²) in [6.45, 7) is 9.64. The van der Waals surface area contributed by atoms with Crippen molar-refractivity contribution in [3.63, 3.8) is 0 Å². The van der Waals surface area contributed by atoms with Gasteiger partial charge in [0.05, 0.1) is 12.4 Å². The molecule has 1 saturated heterocycles. The fraction of sp³-hybridized carbons (Fsp3) is 0.714. The van der Waals surface area contributed by atoms with Crippen molar-refractivity contribution in [1.82, 2.24) is 0 Å². The van der Waals surface area contributed by atoms with E-state index in [2.05, 4.69) is 39.8 Å². The Morgan fingerprint density at radius 3 is 2.69 bits per heavy atom. The van der Waals surface area contributed by atoms with Gasteiger partial charge in [-0.2, -0.15) is 0 Å². The van der Waals surface area contributed by atoms with Gasteiger partial charge >= 0.3 is 5.97 Å². The average Bonchev–Trinajstić information content (AvgIpc) is 3.28. The second-order valence-electron chi connectivity index (χ2n) is 11.1. The molecule has 0 radical (unpaired) electrons. The lowest BCUT2D eigenvalue weighted by Crippen LogP contribution is -2.53. The Labute approximate surface area is 192 Å². The number of hydrogen-bond acceptors (Lipinski definition) is 4. The molecule has 0 aromatic rings. The quantitative estimate of drug-likeness (QED) is 0.304. The predicted molar refractivity (Wildman–Crippen MR) is 124 cm³/mol. The summed E-state index contributed by atoms with van der Waals surface area (Å²) < 4.78 is 12.4. The second kappa shape index (κ2) is 7.60. The molecule has 5 aliphatic rings. The monoisotopic (exact) mass is 438 g/mol. The van der Waals surface area contributed by atoms with Crippen molar-refractivity contribution in [1.29, 1.82) is 0 Å². The van der Waals surface area contributed by atoms with Gasteiger partial charge in [-0.3, -0.25) is 9.59 Å². The smallest absolute Gasteiger partial charge is 0.306 e. The van der Waals surface area contributed by atoms with Gasteiger partial charge in [-0.15, -0.1) is 0 Å². The molecule has 32 heavy (non-hydrogen) atoms. The fourth-order valence-corrected chi connectivity index (χ4v) is 8.11. The number of fused-ring (bicyclic) bond motifs is 6. The van der Waals surface area contributed by atoms with Crippen LogP contribution in [0.4, 0.5) is 0 Å². The lowest BCUT2D eigenvalue weighted by Gasteiger charge is -2.57. The summed E-state index contributed by atoms with van der Waals surface area (Å²) in [4.78, 5) is 24.6. The Morgan fingerprint density at radius 2 is 2.00 bits per heavy atom. The van der Waals surface area contributed by atoms with Crippen molar-refractivity contribution in [2.45, 2.75) is 91.1 Å². The van der Waals surface area contributed by atoms with Gasteiger partial charge in [0.25, 0.3) is 0 Å². The summed E-state index contributed by atoms with van der Waals surface area (Å²) in [5.41, 5.74) is 2.46. The number of carbonyl (C=O) groups is 2. The molecular weight excluding hydrogens is 400 g/mol. The van der Waals surface area contributed by atoms with E-state index in [1.54, 1.807) is 0 Å². The molecule has 4 aliphatic carbocycles. The predicted octanol–water partition coefficient (Wildman–Crippen LogP) is 6.07. The SMILES string of the molecule is CC/C=C(\OCC)[C@@H]1CC2=CC(=O)CCC2(C)C2=CCC3(C)C(CC[C@@]34CCC(=O)O4)C21. The summed E-state index contributed by atoms with van der Waals surface area (Å²) in [5.74, 6) is 2.45. The maximum absolute atomic E-state index is 12.4. The number of esters is 1.